The zero-order chi connectivity index (χ0) is 16.8. The largest absolute Gasteiger partial charge is 0.276 e. The van der Waals surface area contributed by atoms with Crippen molar-refractivity contribution in [2.75, 3.05) is 4.72 Å². The van der Waals surface area contributed by atoms with Crippen molar-refractivity contribution in [1.82, 2.24) is 24.4 Å². The van der Waals surface area contributed by atoms with E-state index in [0.717, 1.165) is 0 Å². The summed E-state index contributed by atoms with van der Waals surface area (Å²) in [6.07, 6.45) is 4.64. The third-order valence-electron chi connectivity index (χ3n) is 3.52. The lowest BCUT2D eigenvalue weighted by Gasteiger charge is -2.10. The second kappa shape index (κ2) is 5.34. The van der Waals surface area contributed by atoms with Crippen LogP contribution in [0.5, 0.6) is 0 Å². The molecule has 8 nitrogen and oxygen atoms in total. The summed E-state index contributed by atoms with van der Waals surface area (Å²) in [4.78, 5) is 4.35. The molecular weight excluding hydrogens is 316 g/mol. The second-order valence-corrected chi connectivity index (χ2v) is 7.24. The molecule has 0 amide bonds. The van der Waals surface area contributed by atoms with Gasteiger partial charge in [-0.15, -0.1) is 0 Å². The molecule has 0 saturated heterocycles. The standard InChI is InChI=1S/C14H18N6O2S/c1-9(2)20-11(4)14(10(3)17-20)23(21,22)18-12-7-15-13-5-6-16-19(13)8-12/h5-9,18H,1-4H3. The lowest BCUT2D eigenvalue weighted by molar-refractivity contribution is 0.514. The summed E-state index contributed by atoms with van der Waals surface area (Å²) in [6.45, 7) is 7.36. The predicted octanol–water partition coefficient (Wildman–Crippen LogP) is 1.92. The fraction of sp³-hybridized carbons (Fsp3) is 0.357. The molecule has 122 valence electrons. The first-order valence-corrected chi connectivity index (χ1v) is 8.66. The highest BCUT2D eigenvalue weighted by molar-refractivity contribution is 7.92. The molecule has 0 aromatic carbocycles. The van der Waals surface area contributed by atoms with Crippen LogP contribution < -0.4 is 4.72 Å². The molecule has 1 N–H and O–H groups in total. The van der Waals surface area contributed by atoms with Gasteiger partial charge in [0.05, 0.1) is 35.7 Å². The summed E-state index contributed by atoms with van der Waals surface area (Å²) in [5.41, 5.74) is 2.07. The fourth-order valence-electron chi connectivity index (χ4n) is 2.61. The Morgan fingerprint density at radius 3 is 2.65 bits per heavy atom. The van der Waals surface area contributed by atoms with Crippen LogP contribution in [-0.2, 0) is 10.0 Å². The summed E-state index contributed by atoms with van der Waals surface area (Å²) in [5, 5.41) is 8.37. The van der Waals surface area contributed by atoms with Gasteiger partial charge >= 0.3 is 0 Å². The first kappa shape index (κ1) is 15.5. The monoisotopic (exact) mass is 334 g/mol. The van der Waals surface area contributed by atoms with E-state index in [-0.39, 0.29) is 10.9 Å². The summed E-state index contributed by atoms with van der Waals surface area (Å²) in [6, 6.07) is 1.82. The van der Waals surface area contributed by atoms with E-state index in [4.69, 9.17) is 0 Å². The van der Waals surface area contributed by atoms with Crippen LogP contribution in [0.2, 0.25) is 0 Å². The Bertz CT molecular complexity index is 970. The molecule has 0 aliphatic carbocycles. The van der Waals surface area contributed by atoms with E-state index in [9.17, 15) is 8.42 Å². The Balaban J connectivity index is 2.01. The minimum Gasteiger partial charge on any atom is -0.276 e. The molecule has 0 unspecified atom stereocenters. The molecule has 0 bridgehead atoms. The highest BCUT2D eigenvalue weighted by atomic mass is 32.2. The van der Waals surface area contributed by atoms with Gasteiger partial charge in [-0.25, -0.2) is 17.9 Å². The average Bonchev–Trinajstić information content (AvgIpc) is 3.02. The van der Waals surface area contributed by atoms with E-state index in [1.807, 2.05) is 13.8 Å². The highest BCUT2D eigenvalue weighted by Gasteiger charge is 2.25. The maximum absolute atomic E-state index is 12.7. The third kappa shape index (κ3) is 2.67. The third-order valence-corrected chi connectivity index (χ3v) is 5.15. The summed E-state index contributed by atoms with van der Waals surface area (Å²) < 4.78 is 31.2. The van der Waals surface area contributed by atoms with Crippen molar-refractivity contribution < 1.29 is 8.42 Å². The van der Waals surface area contributed by atoms with Crippen molar-refractivity contribution in [1.29, 1.82) is 0 Å². The van der Waals surface area contributed by atoms with Crippen LogP contribution in [-0.4, -0.2) is 32.8 Å². The van der Waals surface area contributed by atoms with Crippen LogP contribution in [0, 0.1) is 13.8 Å². The molecule has 0 saturated carbocycles. The molecule has 9 heteroatoms. The number of hydrogen-bond acceptors (Lipinski definition) is 5. The van der Waals surface area contributed by atoms with Crippen LogP contribution in [0.4, 0.5) is 5.69 Å². The molecule has 3 aromatic heterocycles. The minimum atomic E-state index is -3.75. The predicted molar refractivity (Wildman–Crippen MR) is 85.9 cm³/mol. The molecule has 3 aromatic rings. The van der Waals surface area contributed by atoms with E-state index in [1.165, 1.54) is 10.7 Å². The molecule has 0 radical (unpaired) electrons. The van der Waals surface area contributed by atoms with Crippen molar-refractivity contribution >= 4 is 21.4 Å². The van der Waals surface area contributed by atoms with Crippen molar-refractivity contribution in [3.05, 3.63) is 36.0 Å². The minimum absolute atomic E-state index is 0.0831. The van der Waals surface area contributed by atoms with Gasteiger partial charge in [0, 0.05) is 12.1 Å². The number of aryl methyl sites for hydroxylation is 1. The lowest BCUT2D eigenvalue weighted by atomic mass is 10.3. The molecule has 0 fully saturated rings. The normalized spacial score (nSPS) is 12.2. The Morgan fingerprint density at radius 2 is 2.00 bits per heavy atom. The summed E-state index contributed by atoms with van der Waals surface area (Å²) in [7, 11) is -3.75. The van der Waals surface area contributed by atoms with Crippen LogP contribution in [0.3, 0.4) is 0 Å². The second-order valence-electron chi connectivity index (χ2n) is 5.62. The van der Waals surface area contributed by atoms with Gasteiger partial charge in [-0.1, -0.05) is 0 Å². The number of sulfonamides is 1. The molecule has 0 aliphatic rings. The maximum atomic E-state index is 12.7. The van der Waals surface area contributed by atoms with E-state index < -0.39 is 10.0 Å². The molecule has 0 aliphatic heterocycles. The van der Waals surface area contributed by atoms with Crippen LogP contribution >= 0.6 is 0 Å². The van der Waals surface area contributed by atoms with Crippen molar-refractivity contribution in [3.63, 3.8) is 0 Å². The van der Waals surface area contributed by atoms with E-state index in [1.54, 1.807) is 37.0 Å². The maximum Gasteiger partial charge on any atom is 0.265 e. The number of rotatable bonds is 4. The molecule has 3 heterocycles. The highest BCUT2D eigenvalue weighted by Crippen LogP contribution is 2.24. The van der Waals surface area contributed by atoms with Crippen LogP contribution in [0.1, 0.15) is 31.3 Å². The number of fused-ring (bicyclic) bond motifs is 1. The van der Waals surface area contributed by atoms with Crippen molar-refractivity contribution in [2.45, 2.75) is 38.6 Å². The number of nitrogens with zero attached hydrogens (tertiary/aromatic N) is 5. The van der Waals surface area contributed by atoms with E-state index in [0.29, 0.717) is 22.7 Å². The number of anilines is 1. The van der Waals surface area contributed by atoms with Gasteiger partial charge in [0.25, 0.3) is 10.0 Å². The Kier molecular flexibility index (Phi) is 3.59. The zero-order valence-corrected chi connectivity index (χ0v) is 14.2. The quantitative estimate of drug-likeness (QED) is 0.786. The molecule has 0 spiro atoms. The Labute approximate surface area is 134 Å². The van der Waals surface area contributed by atoms with E-state index >= 15 is 0 Å². The van der Waals surface area contributed by atoms with E-state index in [2.05, 4.69) is 19.9 Å². The van der Waals surface area contributed by atoms with Gasteiger partial charge < -0.3 is 0 Å². The van der Waals surface area contributed by atoms with Gasteiger partial charge in [-0.3, -0.25) is 9.40 Å². The molecular formula is C14H18N6O2S. The zero-order valence-electron chi connectivity index (χ0n) is 13.3. The van der Waals surface area contributed by atoms with Gasteiger partial charge in [0.1, 0.15) is 4.90 Å². The summed E-state index contributed by atoms with van der Waals surface area (Å²) >= 11 is 0. The SMILES string of the molecule is Cc1nn(C(C)C)c(C)c1S(=O)(=O)Nc1cnc2ccnn2c1. The first-order chi connectivity index (χ1) is 10.8. The molecule has 3 rings (SSSR count). The molecule has 0 atom stereocenters. The Morgan fingerprint density at radius 1 is 1.26 bits per heavy atom. The fourth-order valence-corrected chi connectivity index (χ4v) is 4.04. The number of nitrogens with one attached hydrogen (secondary N) is 1. The lowest BCUT2D eigenvalue weighted by Crippen LogP contribution is -2.16. The smallest absolute Gasteiger partial charge is 0.265 e. The number of hydrogen-bond donors (Lipinski definition) is 1. The first-order valence-electron chi connectivity index (χ1n) is 7.17. The van der Waals surface area contributed by atoms with Crippen molar-refractivity contribution in [2.24, 2.45) is 0 Å². The average molecular weight is 334 g/mol. The van der Waals surface area contributed by atoms with Crippen LogP contribution in [0.25, 0.3) is 5.65 Å². The van der Waals surface area contributed by atoms with Gasteiger partial charge in [0.2, 0.25) is 0 Å². The van der Waals surface area contributed by atoms with Gasteiger partial charge in [-0.05, 0) is 27.7 Å². The van der Waals surface area contributed by atoms with Gasteiger partial charge in [0.15, 0.2) is 5.65 Å². The number of aromatic nitrogens is 5. The topological polar surface area (TPSA) is 94.2 Å². The van der Waals surface area contributed by atoms with Crippen molar-refractivity contribution in [3.8, 4) is 0 Å². The Hall–Kier alpha value is -2.42. The molecule has 23 heavy (non-hydrogen) atoms. The van der Waals surface area contributed by atoms with Gasteiger partial charge in [-0.2, -0.15) is 10.2 Å². The summed E-state index contributed by atoms with van der Waals surface area (Å²) in [5.74, 6) is 0. The van der Waals surface area contributed by atoms with Crippen LogP contribution in [0.15, 0.2) is 29.6 Å².